The molecule has 24 heavy (non-hydrogen) atoms. The van der Waals surface area contributed by atoms with Gasteiger partial charge in [-0.25, -0.2) is 4.79 Å². The van der Waals surface area contributed by atoms with Crippen molar-refractivity contribution in [3.8, 4) is 0 Å². The van der Waals surface area contributed by atoms with Crippen LogP contribution in [-0.2, 0) is 9.53 Å². The Bertz CT molecular complexity index is 647. The lowest BCUT2D eigenvalue weighted by molar-refractivity contribution is -0.142. The molecule has 0 atom stereocenters. The molecule has 1 N–H and O–H groups in total. The highest BCUT2D eigenvalue weighted by atomic mass is 35.5. The summed E-state index contributed by atoms with van der Waals surface area (Å²) in [5, 5.41) is 3.60. The maximum absolute atomic E-state index is 12.6. The molecular weight excluding hydrogens is 328 g/mol. The van der Waals surface area contributed by atoms with E-state index in [4.69, 9.17) is 16.3 Å². The second-order valence-corrected chi connectivity index (χ2v) is 7.67. The Morgan fingerprint density at radius 1 is 1.21 bits per heavy atom. The van der Waals surface area contributed by atoms with Crippen LogP contribution in [0.5, 0.6) is 0 Å². The van der Waals surface area contributed by atoms with Gasteiger partial charge < -0.3 is 15.0 Å². The van der Waals surface area contributed by atoms with Crippen molar-refractivity contribution in [2.75, 3.05) is 19.7 Å². The molecule has 0 radical (unpaired) electrons. The maximum Gasteiger partial charge on any atom is 0.407 e. The number of alkyl carbamates (subject to hydrolysis) is 1. The van der Waals surface area contributed by atoms with E-state index in [1.165, 1.54) is 5.56 Å². The average molecular weight is 349 g/mol. The van der Waals surface area contributed by atoms with Gasteiger partial charge in [0, 0.05) is 24.0 Å². The van der Waals surface area contributed by atoms with Gasteiger partial charge in [-0.15, -0.1) is 0 Å². The lowest BCUT2D eigenvalue weighted by Crippen LogP contribution is -2.58. The average Bonchev–Trinajstić information content (AvgIpc) is 2.96. The van der Waals surface area contributed by atoms with E-state index in [1.807, 2.05) is 17.0 Å². The molecule has 2 saturated heterocycles. The van der Waals surface area contributed by atoms with E-state index < -0.39 is 0 Å². The zero-order valence-corrected chi connectivity index (χ0v) is 14.2. The summed E-state index contributed by atoms with van der Waals surface area (Å²) in [4.78, 5) is 25.8. The molecule has 3 aliphatic rings. The van der Waals surface area contributed by atoms with Crippen LogP contribution >= 0.6 is 11.6 Å². The summed E-state index contributed by atoms with van der Waals surface area (Å²) >= 11 is 5.94. The van der Waals surface area contributed by atoms with Crippen molar-refractivity contribution >= 4 is 23.6 Å². The number of cyclic esters (lactones) is 1. The molecule has 128 valence electrons. The van der Waals surface area contributed by atoms with Gasteiger partial charge in [0.05, 0.1) is 5.54 Å². The van der Waals surface area contributed by atoms with E-state index in [0.29, 0.717) is 25.4 Å². The molecule has 0 bridgehead atoms. The number of carbonyl (C=O) groups excluding carboxylic acids is 2. The highest BCUT2D eigenvalue weighted by molar-refractivity contribution is 6.30. The van der Waals surface area contributed by atoms with E-state index in [9.17, 15) is 9.59 Å². The van der Waals surface area contributed by atoms with Gasteiger partial charge in [0.1, 0.15) is 6.61 Å². The molecule has 0 unspecified atom stereocenters. The third-order valence-corrected chi connectivity index (χ3v) is 5.87. The number of likely N-dealkylation sites (tertiary alicyclic amines) is 1. The molecule has 1 aliphatic carbocycles. The van der Waals surface area contributed by atoms with Crippen molar-refractivity contribution in [1.29, 1.82) is 0 Å². The molecule has 5 nitrogen and oxygen atoms in total. The Kier molecular flexibility index (Phi) is 3.91. The Hall–Kier alpha value is -1.75. The first kappa shape index (κ1) is 15.8. The van der Waals surface area contributed by atoms with Crippen molar-refractivity contribution in [3.63, 3.8) is 0 Å². The molecule has 1 spiro atoms. The van der Waals surface area contributed by atoms with Crippen LogP contribution < -0.4 is 5.32 Å². The first-order valence-corrected chi connectivity index (χ1v) is 8.92. The second-order valence-electron chi connectivity index (χ2n) is 7.24. The van der Waals surface area contributed by atoms with Gasteiger partial charge in [0.15, 0.2) is 0 Å². The Labute approximate surface area is 146 Å². The molecule has 0 aromatic heterocycles. The van der Waals surface area contributed by atoms with E-state index in [-0.39, 0.29) is 23.5 Å². The molecule has 2 heterocycles. The van der Waals surface area contributed by atoms with Gasteiger partial charge in [-0.3, -0.25) is 4.79 Å². The van der Waals surface area contributed by atoms with Crippen LogP contribution in [0, 0.1) is 5.92 Å². The highest BCUT2D eigenvalue weighted by Crippen LogP contribution is 2.42. The fourth-order valence-corrected chi connectivity index (χ4v) is 4.32. The quantitative estimate of drug-likeness (QED) is 0.894. The molecule has 1 aromatic carbocycles. The number of nitrogens with one attached hydrogen (secondary N) is 1. The monoisotopic (exact) mass is 348 g/mol. The van der Waals surface area contributed by atoms with Gasteiger partial charge in [-0.2, -0.15) is 0 Å². The highest BCUT2D eigenvalue weighted by Gasteiger charge is 2.53. The predicted octanol–water partition coefficient (Wildman–Crippen LogP) is 2.93. The first-order valence-electron chi connectivity index (χ1n) is 8.54. The van der Waals surface area contributed by atoms with Crippen molar-refractivity contribution in [2.24, 2.45) is 5.92 Å². The van der Waals surface area contributed by atoms with Crippen LogP contribution in [0.1, 0.15) is 37.2 Å². The molecule has 6 heteroatoms. The predicted molar refractivity (Wildman–Crippen MR) is 89.9 cm³/mol. The van der Waals surface area contributed by atoms with E-state index in [2.05, 4.69) is 17.4 Å². The molecule has 1 saturated carbocycles. The lowest BCUT2D eigenvalue weighted by atomic mass is 9.68. The second kappa shape index (κ2) is 5.96. The Morgan fingerprint density at radius 2 is 1.88 bits per heavy atom. The molecule has 3 fully saturated rings. The van der Waals surface area contributed by atoms with Crippen molar-refractivity contribution in [1.82, 2.24) is 10.2 Å². The maximum atomic E-state index is 12.6. The van der Waals surface area contributed by atoms with Gasteiger partial charge in [0.2, 0.25) is 5.91 Å². The number of piperidine rings is 1. The summed E-state index contributed by atoms with van der Waals surface area (Å²) in [6.07, 6.45) is 3.03. The number of nitrogens with zero attached hydrogens (tertiary/aromatic N) is 1. The van der Waals surface area contributed by atoms with Crippen molar-refractivity contribution < 1.29 is 14.3 Å². The number of carbonyl (C=O) groups is 2. The summed E-state index contributed by atoms with van der Waals surface area (Å²) < 4.78 is 4.97. The summed E-state index contributed by atoms with van der Waals surface area (Å²) in [7, 11) is 0. The zero-order valence-electron chi connectivity index (χ0n) is 13.5. The van der Waals surface area contributed by atoms with E-state index >= 15 is 0 Å². The van der Waals surface area contributed by atoms with Crippen LogP contribution in [0.3, 0.4) is 0 Å². The third-order valence-electron chi connectivity index (χ3n) is 5.62. The van der Waals surface area contributed by atoms with E-state index in [0.717, 1.165) is 31.0 Å². The largest absolute Gasteiger partial charge is 0.447 e. The molecule has 4 rings (SSSR count). The molecule has 2 amide bonds. The Balaban J connectivity index is 1.29. The van der Waals surface area contributed by atoms with Crippen LogP contribution in [0.15, 0.2) is 24.3 Å². The fourth-order valence-electron chi connectivity index (χ4n) is 4.20. The zero-order chi connectivity index (χ0) is 16.7. The normalized spacial score (nSPS) is 30.0. The number of ether oxygens (including phenoxy) is 1. The van der Waals surface area contributed by atoms with Crippen molar-refractivity contribution in [2.45, 2.75) is 37.1 Å². The minimum absolute atomic E-state index is 0.0269. The van der Waals surface area contributed by atoms with Gasteiger partial charge in [-0.05, 0) is 49.3 Å². The van der Waals surface area contributed by atoms with Crippen LogP contribution in [0.2, 0.25) is 5.02 Å². The minimum atomic E-state index is -0.357. The summed E-state index contributed by atoms with van der Waals surface area (Å²) in [5.74, 6) is 0.761. The fraction of sp³-hybridized carbons (Fsp3) is 0.556. The van der Waals surface area contributed by atoms with Crippen LogP contribution in [-0.4, -0.2) is 42.1 Å². The van der Waals surface area contributed by atoms with Crippen molar-refractivity contribution in [3.05, 3.63) is 34.9 Å². The summed E-state index contributed by atoms with van der Waals surface area (Å²) in [6.45, 7) is 2.01. The summed E-state index contributed by atoms with van der Waals surface area (Å²) in [6, 6.07) is 8.03. The number of halogens is 1. The number of rotatable bonds is 2. The van der Waals surface area contributed by atoms with Crippen LogP contribution in [0.4, 0.5) is 4.79 Å². The van der Waals surface area contributed by atoms with Crippen LogP contribution in [0.25, 0.3) is 0 Å². The first-order chi connectivity index (χ1) is 11.5. The number of hydrogen-bond acceptors (Lipinski definition) is 3. The number of hydrogen-bond donors (Lipinski definition) is 1. The number of benzene rings is 1. The molecular formula is C18H21ClN2O3. The third kappa shape index (κ3) is 2.86. The van der Waals surface area contributed by atoms with Gasteiger partial charge in [-0.1, -0.05) is 23.7 Å². The topological polar surface area (TPSA) is 58.6 Å². The SMILES string of the molecule is O=C1N[C@]2(CO1)C[C@H](C(=O)N1CCC(c3ccc(Cl)cc3)CC1)C2. The molecule has 1 aromatic rings. The summed E-state index contributed by atoms with van der Waals surface area (Å²) in [5.41, 5.74) is 1.03. The molecule has 2 aliphatic heterocycles. The van der Waals surface area contributed by atoms with Gasteiger partial charge in [0.25, 0.3) is 0 Å². The smallest absolute Gasteiger partial charge is 0.407 e. The minimum Gasteiger partial charge on any atom is -0.447 e. The van der Waals surface area contributed by atoms with E-state index in [1.54, 1.807) is 0 Å². The standard InChI is InChI=1S/C18H21ClN2O3/c19-15-3-1-12(2-4-15)13-5-7-21(8-6-13)16(22)14-9-18(10-14)11-24-17(23)20-18/h1-4,13-14H,5-11H2,(H,20,23)/t14-,18+. The van der Waals surface area contributed by atoms with Gasteiger partial charge >= 0.3 is 6.09 Å². The Morgan fingerprint density at radius 3 is 2.46 bits per heavy atom. The number of amides is 2. The lowest BCUT2D eigenvalue weighted by Gasteiger charge is -2.45.